The van der Waals surface area contributed by atoms with Crippen LogP contribution in [0.3, 0.4) is 0 Å². The van der Waals surface area contributed by atoms with Crippen LogP contribution in [0, 0.1) is 0 Å². The Kier molecular flexibility index (Phi) is 7.23. The van der Waals surface area contributed by atoms with Gasteiger partial charge in [0, 0.05) is 32.3 Å². The summed E-state index contributed by atoms with van der Waals surface area (Å²) >= 11 is 0. The molecule has 13 heavy (non-hydrogen) atoms. The van der Waals surface area contributed by atoms with E-state index in [1.807, 2.05) is 0 Å². The third-order valence-corrected chi connectivity index (χ3v) is 1.99. The number of hydrogen-bond acceptors (Lipinski definition) is 3. The average molecular weight is 188 g/mol. The zero-order valence-electron chi connectivity index (χ0n) is 9.55. The van der Waals surface area contributed by atoms with E-state index in [9.17, 15) is 0 Å². The van der Waals surface area contributed by atoms with E-state index in [1.165, 1.54) is 0 Å². The first kappa shape index (κ1) is 12.9. The molecule has 0 heterocycles. The minimum Gasteiger partial charge on any atom is -0.380 e. The van der Waals surface area contributed by atoms with E-state index < -0.39 is 0 Å². The van der Waals surface area contributed by atoms with Crippen LogP contribution in [0.1, 0.15) is 27.7 Å². The molecular weight excluding hydrogens is 164 g/mol. The average Bonchev–Trinajstić information content (AvgIpc) is 2.10. The van der Waals surface area contributed by atoms with Gasteiger partial charge in [-0.25, -0.2) is 0 Å². The van der Waals surface area contributed by atoms with E-state index in [0.717, 1.165) is 13.1 Å². The van der Waals surface area contributed by atoms with Gasteiger partial charge in [0.1, 0.15) is 0 Å². The van der Waals surface area contributed by atoms with E-state index >= 15 is 0 Å². The first-order chi connectivity index (χ1) is 6.06. The Hall–Kier alpha value is -0.120. The highest BCUT2D eigenvalue weighted by Crippen LogP contribution is 1.87. The summed E-state index contributed by atoms with van der Waals surface area (Å²) in [5.41, 5.74) is 0. The predicted octanol–water partition coefficient (Wildman–Crippen LogP) is 0.997. The molecular formula is C10H24N2O. The first-order valence-electron chi connectivity index (χ1n) is 5.05. The van der Waals surface area contributed by atoms with Crippen LogP contribution >= 0.6 is 0 Å². The quantitative estimate of drug-likeness (QED) is 0.625. The number of nitrogens with one attached hydrogen (secondary N) is 2. The predicted molar refractivity (Wildman–Crippen MR) is 57.1 cm³/mol. The smallest absolute Gasteiger partial charge is 0.0667 e. The second kappa shape index (κ2) is 7.30. The second-order valence-corrected chi connectivity index (χ2v) is 3.92. The Morgan fingerprint density at radius 3 is 2.08 bits per heavy atom. The second-order valence-electron chi connectivity index (χ2n) is 3.92. The number of methoxy groups -OCH3 is 1. The van der Waals surface area contributed by atoms with Crippen molar-refractivity contribution in [3.05, 3.63) is 0 Å². The molecule has 0 spiro atoms. The van der Waals surface area contributed by atoms with Crippen molar-refractivity contribution < 1.29 is 4.74 Å². The summed E-state index contributed by atoms with van der Waals surface area (Å²) < 4.78 is 5.14. The van der Waals surface area contributed by atoms with Crippen molar-refractivity contribution in [1.82, 2.24) is 10.6 Å². The lowest BCUT2D eigenvalue weighted by Crippen LogP contribution is -2.41. The monoisotopic (exact) mass is 188 g/mol. The lowest BCUT2D eigenvalue weighted by atomic mass is 10.3. The van der Waals surface area contributed by atoms with Gasteiger partial charge in [0.2, 0.25) is 0 Å². The van der Waals surface area contributed by atoms with Gasteiger partial charge >= 0.3 is 0 Å². The summed E-state index contributed by atoms with van der Waals surface area (Å²) in [4.78, 5) is 0. The molecule has 2 atom stereocenters. The SMILES string of the molecule is COC(C)CNC(C)CNC(C)C. The molecule has 0 saturated carbocycles. The van der Waals surface area contributed by atoms with Crippen LogP contribution in [0.4, 0.5) is 0 Å². The van der Waals surface area contributed by atoms with Crippen LogP contribution in [0.5, 0.6) is 0 Å². The molecule has 0 aromatic heterocycles. The molecule has 0 aliphatic rings. The van der Waals surface area contributed by atoms with Gasteiger partial charge in [0.05, 0.1) is 6.10 Å². The highest BCUT2D eigenvalue weighted by Gasteiger charge is 2.04. The molecule has 0 radical (unpaired) electrons. The van der Waals surface area contributed by atoms with E-state index in [4.69, 9.17) is 4.74 Å². The molecule has 0 aromatic rings. The fourth-order valence-corrected chi connectivity index (χ4v) is 0.935. The molecule has 0 aliphatic carbocycles. The van der Waals surface area contributed by atoms with Gasteiger partial charge < -0.3 is 15.4 Å². The molecule has 0 amide bonds. The largest absolute Gasteiger partial charge is 0.380 e. The maximum atomic E-state index is 5.14. The third-order valence-electron chi connectivity index (χ3n) is 1.99. The van der Waals surface area contributed by atoms with Gasteiger partial charge in [-0.3, -0.25) is 0 Å². The maximum Gasteiger partial charge on any atom is 0.0667 e. The highest BCUT2D eigenvalue weighted by molar-refractivity contribution is 4.67. The molecule has 0 bridgehead atoms. The van der Waals surface area contributed by atoms with Crippen LogP contribution in [0.15, 0.2) is 0 Å². The summed E-state index contributed by atoms with van der Waals surface area (Å²) in [7, 11) is 1.74. The fraction of sp³-hybridized carbons (Fsp3) is 1.00. The standard InChI is InChI=1S/C10H24N2O/c1-8(2)11-6-9(3)12-7-10(4)13-5/h8-12H,6-7H2,1-5H3. The van der Waals surface area contributed by atoms with E-state index in [-0.39, 0.29) is 0 Å². The number of hydrogen-bond donors (Lipinski definition) is 2. The molecule has 0 fully saturated rings. The van der Waals surface area contributed by atoms with Gasteiger partial charge in [-0.15, -0.1) is 0 Å². The van der Waals surface area contributed by atoms with Gasteiger partial charge in [-0.05, 0) is 13.8 Å². The van der Waals surface area contributed by atoms with Crippen LogP contribution in [0.2, 0.25) is 0 Å². The van der Waals surface area contributed by atoms with Crippen LogP contribution < -0.4 is 10.6 Å². The van der Waals surface area contributed by atoms with E-state index in [2.05, 4.69) is 38.3 Å². The van der Waals surface area contributed by atoms with Crippen molar-refractivity contribution in [2.45, 2.75) is 45.9 Å². The summed E-state index contributed by atoms with van der Waals surface area (Å²) in [6, 6.07) is 1.06. The van der Waals surface area contributed by atoms with Crippen molar-refractivity contribution in [1.29, 1.82) is 0 Å². The van der Waals surface area contributed by atoms with E-state index in [0.29, 0.717) is 18.2 Å². The Balaban J connectivity index is 3.34. The Morgan fingerprint density at radius 2 is 1.62 bits per heavy atom. The normalized spacial score (nSPS) is 16.2. The zero-order valence-corrected chi connectivity index (χ0v) is 9.55. The van der Waals surface area contributed by atoms with Gasteiger partial charge in [0.15, 0.2) is 0 Å². The molecule has 80 valence electrons. The lowest BCUT2D eigenvalue weighted by Gasteiger charge is -2.18. The molecule has 3 heteroatoms. The van der Waals surface area contributed by atoms with Gasteiger partial charge in [-0.1, -0.05) is 13.8 Å². The molecule has 0 saturated heterocycles. The molecule has 2 N–H and O–H groups in total. The first-order valence-corrected chi connectivity index (χ1v) is 5.05. The number of rotatable bonds is 7. The van der Waals surface area contributed by atoms with Crippen molar-refractivity contribution in [3.8, 4) is 0 Å². The van der Waals surface area contributed by atoms with E-state index in [1.54, 1.807) is 7.11 Å². The van der Waals surface area contributed by atoms with Crippen molar-refractivity contribution in [2.24, 2.45) is 0 Å². The highest BCUT2D eigenvalue weighted by atomic mass is 16.5. The minimum atomic E-state index is 0.293. The Bertz CT molecular complexity index is 117. The lowest BCUT2D eigenvalue weighted by molar-refractivity contribution is 0.114. The zero-order chi connectivity index (χ0) is 10.3. The topological polar surface area (TPSA) is 33.3 Å². The van der Waals surface area contributed by atoms with Crippen molar-refractivity contribution in [3.63, 3.8) is 0 Å². The summed E-state index contributed by atoms with van der Waals surface area (Å²) in [5.74, 6) is 0. The molecule has 2 unspecified atom stereocenters. The molecule has 0 aliphatic heterocycles. The molecule has 0 rings (SSSR count). The third kappa shape index (κ3) is 8.22. The van der Waals surface area contributed by atoms with Crippen LogP contribution in [-0.4, -0.2) is 38.4 Å². The summed E-state index contributed by atoms with van der Waals surface area (Å²) in [5, 5.41) is 6.78. The Morgan fingerprint density at radius 1 is 1.00 bits per heavy atom. The van der Waals surface area contributed by atoms with Crippen LogP contribution in [0.25, 0.3) is 0 Å². The molecule has 3 nitrogen and oxygen atoms in total. The van der Waals surface area contributed by atoms with Crippen molar-refractivity contribution in [2.75, 3.05) is 20.2 Å². The fourth-order valence-electron chi connectivity index (χ4n) is 0.935. The minimum absolute atomic E-state index is 0.293. The Labute approximate surface area is 82.2 Å². The maximum absolute atomic E-state index is 5.14. The van der Waals surface area contributed by atoms with Crippen molar-refractivity contribution >= 4 is 0 Å². The van der Waals surface area contributed by atoms with Gasteiger partial charge in [0.25, 0.3) is 0 Å². The molecule has 0 aromatic carbocycles. The summed E-state index contributed by atoms with van der Waals surface area (Å²) in [6.45, 7) is 10.5. The number of ether oxygens (including phenoxy) is 1. The van der Waals surface area contributed by atoms with Crippen LogP contribution in [-0.2, 0) is 4.74 Å². The van der Waals surface area contributed by atoms with Gasteiger partial charge in [-0.2, -0.15) is 0 Å². The summed E-state index contributed by atoms with van der Waals surface area (Å²) in [6.07, 6.45) is 0.293.